The molecule has 0 saturated heterocycles. The molecule has 0 bridgehead atoms. The maximum atomic E-state index is 11.1. The van der Waals surface area contributed by atoms with Gasteiger partial charge in [0.2, 0.25) is 0 Å². The molecule has 0 spiro atoms. The number of Topliss-reactive ketones (excluding diaryl/α,β-unsaturated/α-hetero) is 1. The van der Waals surface area contributed by atoms with Crippen molar-refractivity contribution in [3.05, 3.63) is 57.7 Å². The Balaban J connectivity index is 2.98. The first kappa shape index (κ1) is 14.1. The van der Waals surface area contributed by atoms with Crippen LogP contribution in [-0.4, -0.2) is 16.6 Å². The van der Waals surface area contributed by atoms with Crippen LogP contribution in [0.4, 0.5) is 5.69 Å². The Morgan fingerprint density at radius 1 is 1.44 bits per heavy atom. The summed E-state index contributed by atoms with van der Waals surface area (Å²) < 4.78 is 0. The highest BCUT2D eigenvalue weighted by Gasteiger charge is 2.08. The molecule has 0 atom stereocenters. The molecular weight excluding hydrogens is 254 g/mol. The van der Waals surface area contributed by atoms with E-state index in [0.717, 1.165) is 0 Å². The third kappa shape index (κ3) is 3.82. The molecule has 0 aliphatic heterocycles. The number of nitro groups is 1. The minimum absolute atomic E-state index is 0.0254. The number of benzene rings is 1. The summed E-state index contributed by atoms with van der Waals surface area (Å²) in [5, 5.41) is 10.8. The van der Waals surface area contributed by atoms with Gasteiger partial charge in [-0.1, -0.05) is 24.3 Å². The van der Waals surface area contributed by atoms with Crippen molar-refractivity contribution in [2.45, 2.75) is 6.92 Å². The number of ketones is 1. The smallest absolute Gasteiger partial charge is 0.276 e. The maximum Gasteiger partial charge on any atom is 0.276 e. The quantitative estimate of drug-likeness (QED) is 0.270. The van der Waals surface area contributed by atoms with E-state index >= 15 is 0 Å². The Labute approximate surface area is 110 Å². The lowest BCUT2D eigenvalue weighted by molar-refractivity contribution is -0.385. The zero-order valence-electron chi connectivity index (χ0n) is 9.80. The number of carbonyl (C=O) groups is 1. The number of rotatable bonds is 5. The van der Waals surface area contributed by atoms with Crippen molar-refractivity contribution in [2.75, 3.05) is 5.88 Å². The summed E-state index contributed by atoms with van der Waals surface area (Å²) in [6, 6.07) is 6.38. The van der Waals surface area contributed by atoms with Crippen molar-refractivity contribution in [1.82, 2.24) is 0 Å². The van der Waals surface area contributed by atoms with E-state index in [4.69, 9.17) is 11.6 Å². The molecule has 0 fully saturated rings. The monoisotopic (exact) mass is 265 g/mol. The van der Waals surface area contributed by atoms with Gasteiger partial charge in [0.05, 0.1) is 16.4 Å². The zero-order chi connectivity index (χ0) is 13.5. The highest BCUT2D eigenvalue weighted by molar-refractivity contribution is 6.22. The van der Waals surface area contributed by atoms with E-state index in [9.17, 15) is 14.9 Å². The minimum atomic E-state index is -0.448. The molecule has 0 heterocycles. The first-order valence-corrected chi connectivity index (χ1v) is 5.77. The molecule has 0 aliphatic rings. The Kier molecular flexibility index (Phi) is 5.27. The molecule has 0 unspecified atom stereocenters. The Hall–Kier alpha value is -1.94. The summed E-state index contributed by atoms with van der Waals surface area (Å²) in [6.07, 6.45) is 4.72. The summed E-state index contributed by atoms with van der Waals surface area (Å²) in [5.74, 6) is 0.00789. The van der Waals surface area contributed by atoms with Gasteiger partial charge in [-0.05, 0) is 19.1 Å². The van der Waals surface area contributed by atoms with Gasteiger partial charge in [0.1, 0.15) is 0 Å². The van der Waals surface area contributed by atoms with E-state index in [2.05, 4.69) is 0 Å². The fourth-order valence-electron chi connectivity index (χ4n) is 1.32. The number of nitrogens with zero attached hydrogens (tertiary/aromatic N) is 1. The zero-order valence-corrected chi connectivity index (χ0v) is 10.6. The SMILES string of the molecule is CC(=O)/C(=C/C=C/c1ccccc1[N+](=O)[O-])CCl. The fraction of sp³-hybridized carbons (Fsp3) is 0.154. The predicted molar refractivity (Wildman–Crippen MR) is 71.6 cm³/mol. The van der Waals surface area contributed by atoms with Gasteiger partial charge in [0.25, 0.3) is 5.69 Å². The van der Waals surface area contributed by atoms with Gasteiger partial charge in [-0.3, -0.25) is 14.9 Å². The van der Waals surface area contributed by atoms with Gasteiger partial charge in [0.15, 0.2) is 5.78 Å². The van der Waals surface area contributed by atoms with Crippen molar-refractivity contribution < 1.29 is 9.72 Å². The third-order valence-corrected chi connectivity index (χ3v) is 2.59. The van der Waals surface area contributed by atoms with Crippen LogP contribution in [0.25, 0.3) is 6.08 Å². The lowest BCUT2D eigenvalue weighted by atomic mass is 10.1. The maximum absolute atomic E-state index is 11.1. The second-order valence-electron chi connectivity index (χ2n) is 3.56. The highest BCUT2D eigenvalue weighted by Crippen LogP contribution is 2.19. The van der Waals surface area contributed by atoms with E-state index < -0.39 is 4.92 Å². The molecule has 0 amide bonds. The molecule has 1 aromatic rings. The van der Waals surface area contributed by atoms with Crippen LogP contribution in [0.5, 0.6) is 0 Å². The van der Waals surface area contributed by atoms with Crippen LogP contribution in [0.1, 0.15) is 12.5 Å². The number of hydrogen-bond acceptors (Lipinski definition) is 3. The molecule has 0 N–H and O–H groups in total. The highest BCUT2D eigenvalue weighted by atomic mass is 35.5. The topological polar surface area (TPSA) is 60.2 Å². The van der Waals surface area contributed by atoms with Crippen molar-refractivity contribution in [3.8, 4) is 0 Å². The van der Waals surface area contributed by atoms with Crippen molar-refractivity contribution in [1.29, 1.82) is 0 Å². The van der Waals surface area contributed by atoms with Crippen LogP contribution >= 0.6 is 11.6 Å². The van der Waals surface area contributed by atoms with Crippen LogP contribution in [0.2, 0.25) is 0 Å². The van der Waals surface area contributed by atoms with Crippen LogP contribution in [0.15, 0.2) is 42.0 Å². The van der Waals surface area contributed by atoms with Crippen molar-refractivity contribution >= 4 is 29.1 Å². The molecule has 18 heavy (non-hydrogen) atoms. The first-order chi connectivity index (χ1) is 8.56. The largest absolute Gasteiger partial charge is 0.295 e. The van der Waals surface area contributed by atoms with Crippen LogP contribution < -0.4 is 0 Å². The van der Waals surface area contributed by atoms with Gasteiger partial charge >= 0.3 is 0 Å². The van der Waals surface area contributed by atoms with E-state index in [-0.39, 0.29) is 17.4 Å². The van der Waals surface area contributed by atoms with Crippen LogP contribution in [0, 0.1) is 10.1 Å². The molecule has 5 heteroatoms. The van der Waals surface area contributed by atoms with Gasteiger partial charge in [0, 0.05) is 11.6 Å². The molecule has 94 valence electrons. The second-order valence-corrected chi connectivity index (χ2v) is 3.82. The van der Waals surface area contributed by atoms with Gasteiger partial charge < -0.3 is 0 Å². The van der Waals surface area contributed by atoms with Gasteiger partial charge in [-0.25, -0.2) is 0 Å². The minimum Gasteiger partial charge on any atom is -0.295 e. The lowest BCUT2D eigenvalue weighted by Gasteiger charge is -1.96. The molecule has 0 aromatic heterocycles. The summed E-state index contributed by atoms with van der Waals surface area (Å²) in [4.78, 5) is 21.4. The number of nitro benzene ring substituents is 1. The van der Waals surface area contributed by atoms with Gasteiger partial charge in [-0.15, -0.1) is 11.6 Å². The average molecular weight is 266 g/mol. The number of carbonyl (C=O) groups excluding carboxylic acids is 1. The van der Waals surface area contributed by atoms with Crippen molar-refractivity contribution in [2.24, 2.45) is 0 Å². The molecule has 0 radical (unpaired) electrons. The molecule has 0 saturated carbocycles. The number of allylic oxidation sites excluding steroid dienone is 3. The Morgan fingerprint density at radius 3 is 2.67 bits per heavy atom. The van der Waals surface area contributed by atoms with E-state index in [1.165, 1.54) is 13.0 Å². The fourth-order valence-corrected chi connectivity index (χ4v) is 1.60. The summed E-state index contributed by atoms with van der Waals surface area (Å²) in [7, 11) is 0. The third-order valence-electron chi connectivity index (χ3n) is 2.30. The van der Waals surface area contributed by atoms with Crippen LogP contribution in [0.3, 0.4) is 0 Å². The number of hydrogen-bond donors (Lipinski definition) is 0. The summed E-state index contributed by atoms with van der Waals surface area (Å²) in [6.45, 7) is 1.42. The predicted octanol–water partition coefficient (Wildman–Crippen LogP) is 3.36. The number of alkyl halides is 1. The number of halogens is 1. The average Bonchev–Trinajstić information content (AvgIpc) is 2.34. The summed E-state index contributed by atoms with van der Waals surface area (Å²) >= 11 is 5.59. The molecule has 0 aliphatic carbocycles. The second kappa shape index (κ2) is 6.71. The molecule has 1 aromatic carbocycles. The summed E-state index contributed by atoms with van der Waals surface area (Å²) in [5.41, 5.74) is 0.972. The van der Waals surface area contributed by atoms with E-state index in [0.29, 0.717) is 11.1 Å². The van der Waals surface area contributed by atoms with E-state index in [1.54, 1.807) is 36.4 Å². The number of para-hydroxylation sites is 1. The Morgan fingerprint density at radius 2 is 2.11 bits per heavy atom. The van der Waals surface area contributed by atoms with E-state index in [1.807, 2.05) is 0 Å². The van der Waals surface area contributed by atoms with Gasteiger partial charge in [-0.2, -0.15) is 0 Å². The molecule has 4 nitrogen and oxygen atoms in total. The normalized spacial score (nSPS) is 11.8. The lowest BCUT2D eigenvalue weighted by Crippen LogP contribution is -1.96. The first-order valence-electron chi connectivity index (χ1n) is 5.24. The molecule has 1 rings (SSSR count). The standard InChI is InChI=1S/C13H12ClNO3/c1-10(16)12(9-14)7-4-6-11-5-2-3-8-13(11)15(17)18/h2-8H,9H2,1H3/b6-4+,12-7+. The Bertz CT molecular complexity index is 521. The molecular formula is C13H12ClNO3. The van der Waals surface area contributed by atoms with Crippen molar-refractivity contribution in [3.63, 3.8) is 0 Å². The van der Waals surface area contributed by atoms with Crippen LogP contribution in [-0.2, 0) is 4.79 Å².